The summed E-state index contributed by atoms with van der Waals surface area (Å²) >= 11 is 12.9. The van der Waals surface area contributed by atoms with Crippen LogP contribution in [0.1, 0.15) is 41.7 Å². The lowest BCUT2D eigenvalue weighted by atomic mass is 9.99. The normalized spacial score (nSPS) is 14.3. The molecule has 0 aliphatic carbocycles. The topological polar surface area (TPSA) is 54.9 Å². The Labute approximate surface area is 269 Å². The Morgan fingerprint density at radius 2 is 1.61 bits per heavy atom. The second-order valence-corrected chi connectivity index (χ2v) is 12.0. The predicted molar refractivity (Wildman–Crippen MR) is 178 cm³/mol. The second-order valence-electron chi connectivity index (χ2n) is 11.2. The summed E-state index contributed by atoms with van der Waals surface area (Å²) in [7, 11) is 0. The van der Waals surface area contributed by atoms with Crippen LogP contribution in [-0.2, 0) is 17.9 Å². The first kappa shape index (κ1) is 31.6. The van der Waals surface area contributed by atoms with Gasteiger partial charge in [0, 0.05) is 54.9 Å². The van der Waals surface area contributed by atoms with Crippen LogP contribution in [0.3, 0.4) is 0 Å². The zero-order valence-electron chi connectivity index (χ0n) is 25.6. The van der Waals surface area contributed by atoms with E-state index >= 15 is 0 Å². The number of ether oxygens (including phenoxy) is 2. The number of carbonyl (C=O) groups is 1. The summed E-state index contributed by atoms with van der Waals surface area (Å²) in [4.78, 5) is 22.2. The second kappa shape index (κ2) is 14.3. The predicted octanol–water partition coefficient (Wildman–Crippen LogP) is 8.51. The zero-order valence-corrected chi connectivity index (χ0v) is 27.1. The van der Waals surface area contributed by atoms with Gasteiger partial charge in [-0.15, -0.1) is 0 Å². The summed E-state index contributed by atoms with van der Waals surface area (Å²) in [6.07, 6.45) is 1.61. The molecule has 8 heteroatoms. The molecule has 3 aromatic carbocycles. The van der Waals surface area contributed by atoms with Crippen molar-refractivity contribution in [2.45, 2.75) is 40.8 Å². The van der Waals surface area contributed by atoms with Crippen LogP contribution < -0.4 is 9.47 Å². The minimum absolute atomic E-state index is 0.0626. The molecule has 0 saturated carbocycles. The number of rotatable bonds is 9. The highest BCUT2D eigenvalue weighted by Gasteiger charge is 2.23. The minimum atomic E-state index is 0.0626. The number of nitrogens with zero attached hydrogens (tertiary/aromatic N) is 3. The molecular weight excluding hydrogens is 593 g/mol. The Kier molecular flexibility index (Phi) is 10.3. The van der Waals surface area contributed by atoms with Gasteiger partial charge in [0.05, 0.1) is 11.2 Å². The van der Waals surface area contributed by atoms with Crippen molar-refractivity contribution in [2.24, 2.45) is 0 Å². The molecule has 5 rings (SSSR count). The SMILES string of the molecule is CC(C(=O)N1CCN(Cc2ccc(C)cc2)CC1)=C(C)c1cc(C)c(Oc2ccc(OCc3ccccc3Cl)cn2)c(Cl)c1. The van der Waals surface area contributed by atoms with Gasteiger partial charge in [0.1, 0.15) is 12.4 Å². The lowest BCUT2D eigenvalue weighted by Crippen LogP contribution is -2.48. The van der Waals surface area contributed by atoms with Crippen LogP contribution in [0, 0.1) is 13.8 Å². The van der Waals surface area contributed by atoms with E-state index in [0.717, 1.165) is 47.5 Å². The van der Waals surface area contributed by atoms with Gasteiger partial charge < -0.3 is 14.4 Å². The van der Waals surface area contributed by atoms with Gasteiger partial charge in [-0.05, 0) is 74.2 Å². The highest BCUT2D eigenvalue weighted by atomic mass is 35.5. The van der Waals surface area contributed by atoms with Crippen molar-refractivity contribution < 1.29 is 14.3 Å². The van der Waals surface area contributed by atoms with Gasteiger partial charge in [0.15, 0.2) is 5.75 Å². The van der Waals surface area contributed by atoms with Crippen molar-refractivity contribution in [3.05, 3.63) is 122 Å². The Hall–Kier alpha value is -3.84. The number of benzene rings is 3. The molecule has 6 nitrogen and oxygen atoms in total. The molecule has 1 aliphatic rings. The molecule has 0 spiro atoms. The van der Waals surface area contributed by atoms with Gasteiger partial charge in [-0.3, -0.25) is 9.69 Å². The standard InChI is InChI=1S/C36H37Cl2N3O3/c1-24-9-11-28(12-10-24)22-40-15-17-41(18-16-40)36(42)27(4)26(3)30-19-25(2)35(33(38)20-30)44-34-14-13-31(21-39-34)43-23-29-7-5-6-8-32(29)37/h5-14,19-21H,15-18,22-23H2,1-4H3. The summed E-state index contributed by atoms with van der Waals surface area (Å²) < 4.78 is 11.9. The number of amides is 1. The fraction of sp³-hybridized carbons (Fsp3) is 0.278. The third kappa shape index (κ3) is 7.81. The van der Waals surface area contributed by atoms with E-state index in [2.05, 4.69) is 41.1 Å². The van der Waals surface area contributed by atoms with Crippen LogP contribution in [0.2, 0.25) is 10.0 Å². The lowest BCUT2D eigenvalue weighted by molar-refractivity contribution is -0.128. The first-order chi connectivity index (χ1) is 21.2. The van der Waals surface area contributed by atoms with Gasteiger partial charge in [0.2, 0.25) is 11.8 Å². The first-order valence-corrected chi connectivity index (χ1v) is 15.5. The molecule has 1 fully saturated rings. The van der Waals surface area contributed by atoms with E-state index in [9.17, 15) is 4.79 Å². The van der Waals surface area contributed by atoms with Crippen LogP contribution in [-0.4, -0.2) is 46.9 Å². The molecular formula is C36H37Cl2N3O3. The minimum Gasteiger partial charge on any atom is -0.487 e. The lowest BCUT2D eigenvalue weighted by Gasteiger charge is -2.35. The molecule has 1 aliphatic heterocycles. The number of hydrogen-bond donors (Lipinski definition) is 0. The molecule has 2 heterocycles. The third-order valence-corrected chi connectivity index (χ3v) is 8.65. The van der Waals surface area contributed by atoms with Gasteiger partial charge in [0.25, 0.3) is 0 Å². The van der Waals surface area contributed by atoms with E-state index in [1.54, 1.807) is 18.3 Å². The average molecular weight is 631 g/mol. The van der Waals surface area contributed by atoms with Crippen molar-refractivity contribution in [1.29, 1.82) is 0 Å². The fourth-order valence-electron chi connectivity index (χ4n) is 5.15. The van der Waals surface area contributed by atoms with Gasteiger partial charge in [-0.25, -0.2) is 4.98 Å². The molecule has 4 aromatic rings. The Balaban J connectivity index is 1.19. The maximum atomic E-state index is 13.4. The molecule has 228 valence electrons. The van der Waals surface area contributed by atoms with E-state index in [-0.39, 0.29) is 5.91 Å². The van der Waals surface area contributed by atoms with Crippen LogP contribution in [0.25, 0.3) is 5.57 Å². The van der Waals surface area contributed by atoms with E-state index < -0.39 is 0 Å². The molecule has 1 amide bonds. The van der Waals surface area contributed by atoms with Crippen LogP contribution in [0.15, 0.2) is 84.6 Å². The van der Waals surface area contributed by atoms with Gasteiger partial charge in [-0.1, -0.05) is 71.2 Å². The Morgan fingerprint density at radius 1 is 0.886 bits per heavy atom. The van der Waals surface area contributed by atoms with Gasteiger partial charge >= 0.3 is 0 Å². The van der Waals surface area contributed by atoms with E-state index in [1.807, 2.05) is 62.1 Å². The van der Waals surface area contributed by atoms with Crippen LogP contribution in [0.5, 0.6) is 17.4 Å². The number of halogens is 2. The Bertz CT molecular complexity index is 1620. The molecule has 0 unspecified atom stereocenters. The number of hydrogen-bond acceptors (Lipinski definition) is 5. The third-order valence-electron chi connectivity index (χ3n) is 8.00. The van der Waals surface area contributed by atoms with Gasteiger partial charge in [-0.2, -0.15) is 0 Å². The highest BCUT2D eigenvalue weighted by Crippen LogP contribution is 2.36. The Morgan fingerprint density at radius 3 is 2.27 bits per heavy atom. The largest absolute Gasteiger partial charge is 0.487 e. The number of aryl methyl sites for hydroxylation is 2. The summed E-state index contributed by atoms with van der Waals surface area (Å²) in [5, 5.41) is 1.11. The number of aromatic nitrogens is 1. The maximum Gasteiger partial charge on any atom is 0.249 e. The summed E-state index contributed by atoms with van der Waals surface area (Å²) in [5.74, 6) is 1.58. The average Bonchev–Trinajstić information content (AvgIpc) is 3.03. The van der Waals surface area contributed by atoms with E-state index in [4.69, 9.17) is 32.7 Å². The van der Waals surface area contributed by atoms with Crippen molar-refractivity contribution in [3.63, 3.8) is 0 Å². The number of piperazine rings is 1. The molecule has 0 radical (unpaired) electrons. The highest BCUT2D eigenvalue weighted by molar-refractivity contribution is 6.32. The number of carbonyl (C=O) groups excluding carboxylic acids is 1. The molecule has 0 atom stereocenters. The molecule has 0 bridgehead atoms. The molecule has 1 aromatic heterocycles. The van der Waals surface area contributed by atoms with Crippen molar-refractivity contribution in [2.75, 3.05) is 26.2 Å². The summed E-state index contributed by atoms with van der Waals surface area (Å²) in [6.45, 7) is 12.3. The van der Waals surface area contributed by atoms with Crippen molar-refractivity contribution in [1.82, 2.24) is 14.8 Å². The monoisotopic (exact) mass is 629 g/mol. The maximum absolute atomic E-state index is 13.4. The molecule has 0 N–H and O–H groups in total. The smallest absolute Gasteiger partial charge is 0.249 e. The summed E-state index contributed by atoms with van der Waals surface area (Å²) in [5.41, 5.74) is 6.81. The van der Waals surface area contributed by atoms with Crippen LogP contribution >= 0.6 is 23.2 Å². The van der Waals surface area contributed by atoms with E-state index in [0.29, 0.717) is 47.1 Å². The number of allylic oxidation sites excluding steroid dienone is 1. The number of pyridine rings is 1. The van der Waals surface area contributed by atoms with E-state index in [1.165, 1.54) is 11.1 Å². The molecule has 44 heavy (non-hydrogen) atoms. The first-order valence-electron chi connectivity index (χ1n) is 14.7. The fourth-order valence-corrected chi connectivity index (χ4v) is 5.64. The molecule has 1 saturated heterocycles. The zero-order chi connectivity index (χ0) is 31.2. The quantitative estimate of drug-likeness (QED) is 0.174. The van der Waals surface area contributed by atoms with Crippen molar-refractivity contribution in [3.8, 4) is 17.4 Å². The van der Waals surface area contributed by atoms with Crippen LogP contribution in [0.4, 0.5) is 0 Å². The summed E-state index contributed by atoms with van der Waals surface area (Å²) in [6, 6.07) is 23.6. The van der Waals surface area contributed by atoms with Crippen molar-refractivity contribution >= 4 is 34.7 Å².